The number of nitro benzene ring substituents is 1. The summed E-state index contributed by atoms with van der Waals surface area (Å²) >= 11 is 0. The highest BCUT2D eigenvalue weighted by molar-refractivity contribution is 7.89. The molecular formula is C8H6N4O6S. The Kier molecular flexibility index (Phi) is 2.72. The number of benzene rings is 1. The van der Waals surface area contributed by atoms with Crippen molar-refractivity contribution in [3.63, 3.8) is 0 Å². The highest BCUT2D eigenvalue weighted by atomic mass is 32.2. The summed E-state index contributed by atoms with van der Waals surface area (Å²) in [7, 11) is -4.35. The first-order chi connectivity index (χ1) is 8.70. The number of fused-ring (bicyclic) bond motifs is 1. The Morgan fingerprint density at radius 1 is 1.11 bits per heavy atom. The number of nitrogens with zero attached hydrogens (tertiary/aromatic N) is 1. The maximum Gasteiger partial charge on any atom is 0.314 e. The van der Waals surface area contributed by atoms with Crippen molar-refractivity contribution in [2.45, 2.75) is 4.90 Å². The van der Waals surface area contributed by atoms with Crippen LogP contribution in [-0.2, 0) is 10.0 Å². The lowest BCUT2D eigenvalue weighted by molar-refractivity contribution is -0.387. The number of hydrogen-bond donors (Lipinski definition) is 3. The van der Waals surface area contributed by atoms with Gasteiger partial charge in [-0.3, -0.25) is 19.7 Å². The average Bonchev–Trinajstić information content (AvgIpc) is 2.27. The fourth-order valence-electron chi connectivity index (χ4n) is 1.50. The number of primary sulfonamides is 1. The van der Waals surface area contributed by atoms with Crippen LogP contribution < -0.4 is 16.3 Å². The van der Waals surface area contributed by atoms with Crippen LogP contribution >= 0.6 is 0 Å². The van der Waals surface area contributed by atoms with Crippen molar-refractivity contribution < 1.29 is 13.3 Å². The molecule has 0 aliphatic carbocycles. The molecule has 2 aromatic rings. The van der Waals surface area contributed by atoms with E-state index < -0.39 is 36.6 Å². The summed E-state index contributed by atoms with van der Waals surface area (Å²) < 4.78 is 22.5. The van der Waals surface area contributed by atoms with Crippen LogP contribution in [0, 0.1) is 10.1 Å². The first kappa shape index (κ1) is 12.9. The van der Waals surface area contributed by atoms with Crippen molar-refractivity contribution in [1.29, 1.82) is 0 Å². The van der Waals surface area contributed by atoms with Crippen LogP contribution in [0.2, 0.25) is 0 Å². The minimum absolute atomic E-state index is 0.0799. The Labute approximate surface area is 104 Å². The first-order valence-electron chi connectivity index (χ1n) is 4.67. The third-order valence-electron chi connectivity index (χ3n) is 2.30. The van der Waals surface area contributed by atoms with Crippen LogP contribution in [0.4, 0.5) is 5.69 Å². The molecule has 0 aliphatic heterocycles. The number of nitro groups is 1. The van der Waals surface area contributed by atoms with Crippen molar-refractivity contribution in [2.75, 3.05) is 0 Å². The van der Waals surface area contributed by atoms with Gasteiger partial charge in [0.2, 0.25) is 10.0 Å². The van der Waals surface area contributed by atoms with Crippen molar-refractivity contribution in [1.82, 2.24) is 9.97 Å². The predicted molar refractivity (Wildman–Crippen MR) is 63.2 cm³/mol. The van der Waals surface area contributed by atoms with Crippen LogP contribution in [0.15, 0.2) is 26.6 Å². The van der Waals surface area contributed by atoms with Gasteiger partial charge in [0.05, 0.1) is 16.0 Å². The van der Waals surface area contributed by atoms with Gasteiger partial charge in [-0.2, -0.15) is 0 Å². The maximum atomic E-state index is 11.3. The summed E-state index contributed by atoms with van der Waals surface area (Å²) in [6, 6.07) is 1.63. The molecule has 0 saturated carbocycles. The lowest BCUT2D eigenvalue weighted by Gasteiger charge is -2.03. The number of nitrogens with one attached hydrogen (secondary N) is 2. The fraction of sp³-hybridized carbons (Fsp3) is 0. The maximum absolute atomic E-state index is 11.3. The molecule has 10 nitrogen and oxygen atoms in total. The topological polar surface area (TPSA) is 169 Å². The van der Waals surface area contributed by atoms with E-state index in [1.165, 1.54) is 0 Å². The summed E-state index contributed by atoms with van der Waals surface area (Å²) in [4.78, 5) is 35.4. The Hall–Kier alpha value is -2.53. The molecule has 0 atom stereocenters. The molecule has 0 amide bonds. The van der Waals surface area contributed by atoms with Crippen LogP contribution in [0.1, 0.15) is 0 Å². The molecule has 19 heavy (non-hydrogen) atoms. The smallest absolute Gasteiger partial charge is 0.314 e. The summed E-state index contributed by atoms with van der Waals surface area (Å²) in [6.45, 7) is 0. The summed E-state index contributed by atoms with van der Waals surface area (Å²) in [6.07, 6.45) is 0. The Balaban J connectivity index is 3.01. The Morgan fingerprint density at radius 3 is 2.00 bits per heavy atom. The molecule has 1 aromatic heterocycles. The van der Waals surface area contributed by atoms with E-state index in [1.54, 1.807) is 0 Å². The van der Waals surface area contributed by atoms with Crippen LogP contribution in [-0.4, -0.2) is 23.3 Å². The number of nitrogens with two attached hydrogens (primary N) is 1. The monoisotopic (exact) mass is 286 g/mol. The Bertz CT molecular complexity index is 909. The van der Waals surface area contributed by atoms with Crippen molar-refractivity contribution in [2.24, 2.45) is 5.14 Å². The molecule has 0 fully saturated rings. The third-order valence-corrected chi connectivity index (χ3v) is 3.25. The standard InChI is InChI=1S/C8H6N4O6S/c9-19(17,18)6-2-4-3(1-5(6)12(15)16)10-7(13)8(14)11-4/h1-2H,(H,10,13)(H,11,14)(H2,9,17,18). The van der Waals surface area contributed by atoms with Gasteiger partial charge in [0.15, 0.2) is 4.90 Å². The molecule has 0 unspecified atom stereocenters. The van der Waals surface area contributed by atoms with Gasteiger partial charge in [0.25, 0.3) is 5.69 Å². The van der Waals surface area contributed by atoms with Gasteiger partial charge in [-0.15, -0.1) is 0 Å². The number of aromatic amines is 2. The molecule has 0 aliphatic rings. The van der Waals surface area contributed by atoms with Crippen molar-refractivity contribution in [3.8, 4) is 0 Å². The van der Waals surface area contributed by atoms with Crippen molar-refractivity contribution in [3.05, 3.63) is 43.0 Å². The summed E-state index contributed by atoms with van der Waals surface area (Å²) in [5.41, 5.74) is -2.98. The summed E-state index contributed by atoms with van der Waals surface area (Å²) in [5, 5.41) is 15.6. The number of aromatic nitrogens is 2. The lowest BCUT2D eigenvalue weighted by Crippen LogP contribution is -2.29. The zero-order chi connectivity index (χ0) is 14.4. The molecule has 11 heteroatoms. The van der Waals surface area contributed by atoms with E-state index in [0.717, 1.165) is 12.1 Å². The number of hydrogen-bond acceptors (Lipinski definition) is 6. The molecule has 0 bridgehead atoms. The van der Waals surface area contributed by atoms with Crippen LogP contribution in [0.5, 0.6) is 0 Å². The van der Waals surface area contributed by atoms with E-state index in [1.807, 2.05) is 0 Å². The van der Waals surface area contributed by atoms with Gasteiger partial charge in [-0.05, 0) is 6.07 Å². The molecule has 0 radical (unpaired) electrons. The van der Waals surface area contributed by atoms with E-state index in [9.17, 15) is 28.1 Å². The highest BCUT2D eigenvalue weighted by Crippen LogP contribution is 2.25. The minimum Gasteiger partial charge on any atom is -0.316 e. The first-order valence-corrected chi connectivity index (χ1v) is 6.22. The van der Waals surface area contributed by atoms with Crippen LogP contribution in [0.25, 0.3) is 11.0 Å². The van der Waals surface area contributed by atoms with E-state index >= 15 is 0 Å². The van der Waals surface area contributed by atoms with Crippen LogP contribution in [0.3, 0.4) is 0 Å². The van der Waals surface area contributed by atoms with E-state index in [2.05, 4.69) is 9.97 Å². The lowest BCUT2D eigenvalue weighted by atomic mass is 10.2. The summed E-state index contributed by atoms with van der Waals surface area (Å²) in [5.74, 6) is 0. The second-order valence-corrected chi connectivity index (χ2v) is 5.11. The molecule has 1 heterocycles. The molecule has 2 rings (SSSR count). The fourth-order valence-corrected chi connectivity index (χ4v) is 2.21. The molecule has 1 aromatic carbocycles. The van der Waals surface area contributed by atoms with Gasteiger partial charge in [-0.1, -0.05) is 0 Å². The van der Waals surface area contributed by atoms with Gasteiger partial charge in [0.1, 0.15) is 0 Å². The molecule has 4 N–H and O–H groups in total. The number of rotatable bonds is 2. The van der Waals surface area contributed by atoms with Gasteiger partial charge in [0, 0.05) is 6.07 Å². The molecule has 100 valence electrons. The van der Waals surface area contributed by atoms with Crippen molar-refractivity contribution >= 4 is 26.7 Å². The zero-order valence-corrected chi connectivity index (χ0v) is 9.85. The second-order valence-electron chi connectivity index (χ2n) is 3.58. The van der Waals surface area contributed by atoms with E-state index in [0.29, 0.717) is 0 Å². The predicted octanol–water partition coefficient (Wildman–Crippen LogP) is -1.23. The normalized spacial score (nSPS) is 11.6. The van der Waals surface area contributed by atoms with Gasteiger partial charge >= 0.3 is 11.1 Å². The average molecular weight is 286 g/mol. The largest absolute Gasteiger partial charge is 0.316 e. The quantitative estimate of drug-likeness (QED) is 0.354. The number of H-pyrrole nitrogens is 2. The Morgan fingerprint density at radius 2 is 1.58 bits per heavy atom. The zero-order valence-electron chi connectivity index (χ0n) is 9.04. The molecule has 0 saturated heterocycles. The van der Waals surface area contributed by atoms with E-state index in [4.69, 9.17) is 5.14 Å². The second kappa shape index (κ2) is 4.00. The molecular weight excluding hydrogens is 280 g/mol. The highest BCUT2D eigenvalue weighted by Gasteiger charge is 2.24. The van der Waals surface area contributed by atoms with Gasteiger partial charge < -0.3 is 9.97 Å². The number of sulfonamides is 1. The molecule has 0 spiro atoms. The van der Waals surface area contributed by atoms with E-state index in [-0.39, 0.29) is 11.0 Å². The van der Waals surface area contributed by atoms with Gasteiger partial charge in [-0.25, -0.2) is 13.6 Å². The SMILES string of the molecule is NS(=O)(=O)c1cc2[nH]c(=O)c(=O)[nH]c2cc1[N+](=O)[O-]. The minimum atomic E-state index is -4.35. The third kappa shape index (κ3) is 2.23.